The average molecular weight is 607 g/mol. The van der Waals surface area contributed by atoms with E-state index in [0.717, 1.165) is 12.8 Å². The largest absolute Gasteiger partial charge is 0.463 e. The highest BCUT2D eigenvalue weighted by molar-refractivity contribution is 9.10. The van der Waals surface area contributed by atoms with Crippen molar-refractivity contribution >= 4 is 45.0 Å². The summed E-state index contributed by atoms with van der Waals surface area (Å²) in [5.41, 5.74) is 1.69. The van der Waals surface area contributed by atoms with Crippen molar-refractivity contribution in [2.75, 3.05) is 26.4 Å². The summed E-state index contributed by atoms with van der Waals surface area (Å²) in [6, 6.07) is 3.84. The molecule has 3 aliphatic rings. The van der Waals surface area contributed by atoms with Crippen molar-refractivity contribution in [1.82, 2.24) is 20.5 Å². The highest BCUT2D eigenvalue weighted by Crippen LogP contribution is 2.38. The maximum absolute atomic E-state index is 14.0. The molecular formula is C26H29BrFN5O4S. The first-order chi connectivity index (χ1) is 18.3. The molecule has 1 aromatic heterocycles. The number of halogens is 2. The van der Waals surface area contributed by atoms with Crippen LogP contribution in [-0.2, 0) is 19.1 Å². The van der Waals surface area contributed by atoms with E-state index in [9.17, 15) is 14.0 Å². The van der Waals surface area contributed by atoms with Gasteiger partial charge in [-0.1, -0.05) is 22.0 Å². The van der Waals surface area contributed by atoms with Crippen molar-refractivity contribution in [3.05, 3.63) is 61.9 Å². The molecule has 0 radical (unpaired) electrons. The summed E-state index contributed by atoms with van der Waals surface area (Å²) in [6.45, 7) is 5.00. The summed E-state index contributed by atoms with van der Waals surface area (Å²) in [5, 5.41) is 8.99. The summed E-state index contributed by atoms with van der Waals surface area (Å²) >= 11 is 4.91. The predicted octanol–water partition coefficient (Wildman–Crippen LogP) is 3.32. The van der Waals surface area contributed by atoms with Crippen LogP contribution in [0.1, 0.15) is 43.3 Å². The van der Waals surface area contributed by atoms with E-state index in [1.54, 1.807) is 19.2 Å². The van der Waals surface area contributed by atoms with Gasteiger partial charge in [-0.05, 0) is 37.5 Å². The van der Waals surface area contributed by atoms with Crippen molar-refractivity contribution < 1.29 is 23.5 Å². The van der Waals surface area contributed by atoms with Gasteiger partial charge in [0.1, 0.15) is 11.9 Å². The minimum atomic E-state index is -0.729. The number of nitrogens with zero attached hydrogens (tertiary/aromatic N) is 3. The molecule has 0 saturated carbocycles. The number of esters is 1. The molecule has 12 heteroatoms. The van der Waals surface area contributed by atoms with Gasteiger partial charge in [-0.3, -0.25) is 14.7 Å². The van der Waals surface area contributed by atoms with Crippen LogP contribution in [0, 0.1) is 5.82 Å². The molecule has 3 aliphatic heterocycles. The smallest absolute Gasteiger partial charge is 0.338 e. The van der Waals surface area contributed by atoms with E-state index >= 15 is 0 Å². The Bertz CT molecular complexity index is 1260. The average Bonchev–Trinajstić information content (AvgIpc) is 3.39. The molecule has 1 amide bonds. The SMILES string of the molecule is CCOC(=O)C1=C(CN2[C@@H]3COC[C@H]2C[C@@H](NC(C)=O)C3)NC(c2nccs2)=N[C@H]1c1ccc(F)cc1Br. The van der Waals surface area contributed by atoms with E-state index in [1.807, 2.05) is 5.38 Å². The molecule has 1 aromatic carbocycles. The molecule has 9 nitrogen and oxygen atoms in total. The Hall–Kier alpha value is -2.67. The number of amidine groups is 1. The van der Waals surface area contributed by atoms with Gasteiger partial charge in [-0.15, -0.1) is 11.3 Å². The van der Waals surface area contributed by atoms with Crippen molar-refractivity contribution in [2.45, 2.75) is 50.9 Å². The molecule has 0 spiro atoms. The van der Waals surface area contributed by atoms with Gasteiger partial charge in [0.25, 0.3) is 0 Å². The van der Waals surface area contributed by atoms with Crippen LogP contribution in [0.5, 0.6) is 0 Å². The van der Waals surface area contributed by atoms with Crippen LogP contribution in [0.2, 0.25) is 0 Å². The molecule has 4 heterocycles. The second-order valence-electron chi connectivity index (χ2n) is 9.51. The number of nitrogens with one attached hydrogen (secondary N) is 2. The number of fused-ring (bicyclic) bond motifs is 2. The number of rotatable bonds is 7. The van der Waals surface area contributed by atoms with Crippen LogP contribution >= 0.6 is 27.3 Å². The number of carbonyl (C=O) groups excluding carboxylic acids is 2. The Morgan fingerprint density at radius 1 is 1.32 bits per heavy atom. The zero-order valence-corrected chi connectivity index (χ0v) is 23.5. The number of aromatic nitrogens is 1. The summed E-state index contributed by atoms with van der Waals surface area (Å²) < 4.78 is 25.9. The van der Waals surface area contributed by atoms with Crippen LogP contribution in [-0.4, -0.2) is 72.1 Å². The van der Waals surface area contributed by atoms with Gasteiger partial charge in [0.15, 0.2) is 10.8 Å². The maximum atomic E-state index is 14.0. The number of hydrogen-bond donors (Lipinski definition) is 2. The number of hydrogen-bond acceptors (Lipinski definition) is 9. The lowest BCUT2D eigenvalue weighted by Gasteiger charge is -2.49. The first-order valence-electron chi connectivity index (χ1n) is 12.5. The highest BCUT2D eigenvalue weighted by atomic mass is 79.9. The lowest BCUT2D eigenvalue weighted by Crippen LogP contribution is -2.61. The molecule has 2 aromatic rings. The molecule has 2 bridgehead atoms. The molecule has 4 atom stereocenters. The Kier molecular flexibility index (Phi) is 8.22. The fourth-order valence-electron chi connectivity index (χ4n) is 5.40. The first-order valence-corrected chi connectivity index (χ1v) is 14.2. The molecule has 202 valence electrons. The summed E-state index contributed by atoms with van der Waals surface area (Å²) in [6.07, 6.45) is 3.20. The van der Waals surface area contributed by atoms with Gasteiger partial charge in [0.05, 0.1) is 25.4 Å². The second kappa shape index (κ2) is 11.6. The van der Waals surface area contributed by atoms with Gasteiger partial charge in [0.2, 0.25) is 5.91 Å². The number of benzene rings is 1. The van der Waals surface area contributed by atoms with Crippen molar-refractivity contribution in [3.63, 3.8) is 0 Å². The van der Waals surface area contributed by atoms with Gasteiger partial charge < -0.3 is 20.1 Å². The van der Waals surface area contributed by atoms with E-state index in [0.29, 0.717) is 51.9 Å². The number of ether oxygens (including phenoxy) is 2. The van der Waals surface area contributed by atoms with Crippen molar-refractivity contribution in [1.29, 1.82) is 0 Å². The molecule has 2 fully saturated rings. The zero-order chi connectivity index (χ0) is 26.8. The zero-order valence-electron chi connectivity index (χ0n) is 21.1. The van der Waals surface area contributed by atoms with Crippen LogP contribution in [0.4, 0.5) is 4.39 Å². The third-order valence-electron chi connectivity index (χ3n) is 6.93. The van der Waals surface area contributed by atoms with Crippen LogP contribution < -0.4 is 10.6 Å². The fraction of sp³-hybridized carbons (Fsp3) is 0.462. The minimum Gasteiger partial charge on any atom is -0.463 e. The number of thiazole rings is 1. The van der Waals surface area contributed by atoms with Crippen molar-refractivity contribution in [2.24, 2.45) is 4.99 Å². The standard InChI is InChI=1S/C26H29BrFN5O4S/c1-3-37-26(35)22-21(11-33-17-9-16(30-14(2)34)10-18(33)13-36-12-17)31-24(25-29-6-7-38-25)32-23(22)19-5-4-15(28)8-20(19)27/h4-8,16-18,23H,3,9-13H2,1-2H3,(H,30,34)(H,31,32)/t16-,17-,18+,23-/m0/s1. The monoisotopic (exact) mass is 605 g/mol. The number of amides is 1. The fourth-order valence-corrected chi connectivity index (χ4v) is 6.56. The van der Waals surface area contributed by atoms with E-state index in [4.69, 9.17) is 14.5 Å². The van der Waals surface area contributed by atoms with E-state index in [1.165, 1.54) is 30.4 Å². The summed E-state index contributed by atoms with van der Waals surface area (Å²) in [5.74, 6) is -0.373. The molecule has 2 N–H and O–H groups in total. The summed E-state index contributed by atoms with van der Waals surface area (Å²) in [4.78, 5) is 36.8. The van der Waals surface area contributed by atoms with Crippen LogP contribution in [0.3, 0.4) is 0 Å². The molecule has 38 heavy (non-hydrogen) atoms. The number of morpholine rings is 1. The molecular weight excluding hydrogens is 577 g/mol. The third-order valence-corrected chi connectivity index (χ3v) is 8.40. The van der Waals surface area contributed by atoms with E-state index in [-0.39, 0.29) is 30.6 Å². The number of carbonyl (C=O) groups is 2. The highest BCUT2D eigenvalue weighted by Gasteiger charge is 2.42. The van der Waals surface area contributed by atoms with E-state index < -0.39 is 17.8 Å². The predicted molar refractivity (Wildman–Crippen MR) is 144 cm³/mol. The second-order valence-corrected chi connectivity index (χ2v) is 11.3. The third kappa shape index (κ3) is 5.68. The molecule has 0 aliphatic carbocycles. The maximum Gasteiger partial charge on any atom is 0.338 e. The van der Waals surface area contributed by atoms with Gasteiger partial charge in [0, 0.05) is 53.3 Å². The van der Waals surface area contributed by atoms with Gasteiger partial charge >= 0.3 is 5.97 Å². The topological polar surface area (TPSA) is 105 Å². The number of piperidine rings is 1. The van der Waals surface area contributed by atoms with Crippen LogP contribution in [0.25, 0.3) is 0 Å². The Balaban J connectivity index is 1.55. The minimum absolute atomic E-state index is 0.0410. The van der Waals surface area contributed by atoms with Gasteiger partial charge in [-0.25, -0.2) is 14.2 Å². The van der Waals surface area contributed by atoms with Crippen molar-refractivity contribution in [3.8, 4) is 0 Å². The molecule has 5 rings (SSSR count). The van der Waals surface area contributed by atoms with E-state index in [2.05, 4.69) is 36.4 Å². The molecule has 2 saturated heterocycles. The van der Waals surface area contributed by atoms with Crippen LogP contribution in [0.15, 0.2) is 50.5 Å². The Labute approximate surface area is 232 Å². The lowest BCUT2D eigenvalue weighted by molar-refractivity contribution is -0.139. The van der Waals surface area contributed by atoms with Gasteiger partial charge in [-0.2, -0.15) is 0 Å². The quantitative estimate of drug-likeness (QED) is 0.466. The Morgan fingerprint density at radius 3 is 2.71 bits per heavy atom. The Morgan fingerprint density at radius 2 is 2.08 bits per heavy atom. The molecule has 0 unspecified atom stereocenters. The summed E-state index contributed by atoms with van der Waals surface area (Å²) in [7, 11) is 0. The lowest BCUT2D eigenvalue weighted by atomic mass is 9.88. The first kappa shape index (κ1) is 26.9. The number of aliphatic imine (C=N–C) groups is 1. The normalized spacial score (nSPS) is 25.4.